The Hall–Kier alpha value is -1.49. The Bertz CT molecular complexity index is 430. The van der Waals surface area contributed by atoms with E-state index in [1.165, 1.54) is 12.3 Å². The van der Waals surface area contributed by atoms with Gasteiger partial charge in [0.2, 0.25) is 0 Å². The molecular formula is C11H15ClN2O3. The molecule has 0 bridgehead atoms. The molecule has 0 aliphatic heterocycles. The monoisotopic (exact) mass is 258 g/mol. The minimum absolute atomic E-state index is 0.0777. The number of amides is 1. The van der Waals surface area contributed by atoms with Crippen LogP contribution in [0.2, 0.25) is 5.02 Å². The fraction of sp³-hybridized carbons (Fsp3) is 0.455. The molecule has 0 aliphatic carbocycles. The van der Waals surface area contributed by atoms with Crippen LogP contribution in [0.25, 0.3) is 0 Å². The van der Waals surface area contributed by atoms with Gasteiger partial charge in [-0.3, -0.25) is 9.59 Å². The molecule has 1 heterocycles. The number of H-pyrrole nitrogens is 1. The number of carboxylic acid groups (broad SMARTS) is 1. The van der Waals surface area contributed by atoms with E-state index >= 15 is 0 Å². The molecule has 1 aromatic heterocycles. The molecule has 1 atom stereocenters. The van der Waals surface area contributed by atoms with Crippen LogP contribution in [-0.2, 0) is 4.79 Å². The molecule has 1 amide bonds. The Morgan fingerprint density at radius 3 is 2.65 bits per heavy atom. The van der Waals surface area contributed by atoms with Gasteiger partial charge in [-0.2, -0.15) is 0 Å². The summed E-state index contributed by atoms with van der Waals surface area (Å²) in [6, 6.07) is 1.49. The van der Waals surface area contributed by atoms with Crippen molar-refractivity contribution in [3.63, 3.8) is 0 Å². The minimum atomic E-state index is -0.952. The van der Waals surface area contributed by atoms with Crippen molar-refractivity contribution < 1.29 is 14.7 Å². The van der Waals surface area contributed by atoms with E-state index in [4.69, 9.17) is 16.7 Å². The topological polar surface area (TPSA) is 82.2 Å². The SMILES string of the molecule is CCC(C)(CNC(=O)c1cc(Cl)c[nH]1)C(=O)O. The van der Waals surface area contributed by atoms with Gasteiger partial charge in [0.1, 0.15) is 5.69 Å². The Morgan fingerprint density at radius 1 is 1.59 bits per heavy atom. The maximum atomic E-state index is 11.6. The predicted molar refractivity (Wildman–Crippen MR) is 64.2 cm³/mol. The fourth-order valence-corrected chi connectivity index (χ4v) is 1.39. The lowest BCUT2D eigenvalue weighted by Crippen LogP contribution is -2.40. The third-order valence-electron chi connectivity index (χ3n) is 2.83. The maximum Gasteiger partial charge on any atom is 0.311 e. The number of halogens is 1. The third kappa shape index (κ3) is 3.23. The van der Waals surface area contributed by atoms with Crippen LogP contribution in [0.1, 0.15) is 30.8 Å². The van der Waals surface area contributed by atoms with E-state index in [0.29, 0.717) is 17.1 Å². The molecule has 1 aromatic rings. The average Bonchev–Trinajstić information content (AvgIpc) is 2.72. The van der Waals surface area contributed by atoms with Gasteiger partial charge in [-0.25, -0.2) is 0 Å². The van der Waals surface area contributed by atoms with E-state index in [9.17, 15) is 9.59 Å². The van der Waals surface area contributed by atoms with Gasteiger partial charge in [0.05, 0.1) is 10.4 Å². The number of hydrogen-bond donors (Lipinski definition) is 3. The molecule has 5 nitrogen and oxygen atoms in total. The smallest absolute Gasteiger partial charge is 0.311 e. The van der Waals surface area contributed by atoms with Gasteiger partial charge < -0.3 is 15.4 Å². The number of rotatable bonds is 5. The van der Waals surface area contributed by atoms with Gasteiger partial charge in [0.25, 0.3) is 5.91 Å². The molecule has 0 saturated carbocycles. The Morgan fingerprint density at radius 2 is 2.24 bits per heavy atom. The highest BCUT2D eigenvalue weighted by Gasteiger charge is 2.31. The minimum Gasteiger partial charge on any atom is -0.481 e. The molecule has 0 radical (unpaired) electrons. The average molecular weight is 259 g/mol. The Kier molecular flexibility index (Phi) is 4.17. The highest BCUT2D eigenvalue weighted by atomic mass is 35.5. The van der Waals surface area contributed by atoms with Crippen molar-refractivity contribution in [2.75, 3.05) is 6.54 Å². The molecule has 17 heavy (non-hydrogen) atoms. The number of carbonyl (C=O) groups excluding carboxylic acids is 1. The lowest BCUT2D eigenvalue weighted by molar-refractivity contribution is -0.147. The Labute approximate surface area is 104 Å². The largest absolute Gasteiger partial charge is 0.481 e. The summed E-state index contributed by atoms with van der Waals surface area (Å²) in [6.07, 6.45) is 1.93. The lowest BCUT2D eigenvalue weighted by atomic mass is 9.88. The summed E-state index contributed by atoms with van der Waals surface area (Å²) in [4.78, 5) is 25.4. The van der Waals surface area contributed by atoms with Gasteiger partial charge in [0.15, 0.2) is 0 Å². The van der Waals surface area contributed by atoms with E-state index in [-0.39, 0.29) is 12.5 Å². The van der Waals surface area contributed by atoms with Gasteiger partial charge in [0, 0.05) is 12.7 Å². The quantitative estimate of drug-likeness (QED) is 0.754. The molecule has 3 N–H and O–H groups in total. The van der Waals surface area contributed by atoms with Crippen LogP contribution in [0, 0.1) is 5.41 Å². The number of hydrogen-bond acceptors (Lipinski definition) is 2. The van der Waals surface area contributed by atoms with Crippen LogP contribution in [0.5, 0.6) is 0 Å². The highest BCUT2D eigenvalue weighted by molar-refractivity contribution is 6.30. The summed E-state index contributed by atoms with van der Waals surface area (Å²) in [6.45, 7) is 3.44. The summed E-state index contributed by atoms with van der Waals surface area (Å²) >= 11 is 5.67. The van der Waals surface area contributed by atoms with Crippen molar-refractivity contribution in [3.8, 4) is 0 Å². The molecule has 0 saturated heterocycles. The molecule has 0 aromatic carbocycles. The zero-order valence-corrected chi connectivity index (χ0v) is 10.5. The van der Waals surface area contributed by atoms with Gasteiger partial charge in [-0.15, -0.1) is 0 Å². The number of carboxylic acids is 1. The second-order valence-electron chi connectivity index (χ2n) is 4.13. The first kappa shape index (κ1) is 13.6. The highest BCUT2D eigenvalue weighted by Crippen LogP contribution is 2.20. The van der Waals surface area contributed by atoms with Gasteiger partial charge in [-0.05, 0) is 19.4 Å². The van der Waals surface area contributed by atoms with Crippen molar-refractivity contribution in [2.24, 2.45) is 5.41 Å². The van der Waals surface area contributed by atoms with Crippen LogP contribution in [0.3, 0.4) is 0 Å². The number of nitrogens with one attached hydrogen (secondary N) is 2. The van der Waals surface area contributed by atoms with Crippen LogP contribution in [-0.4, -0.2) is 28.5 Å². The predicted octanol–water partition coefficient (Wildman–Crippen LogP) is 1.90. The zero-order valence-electron chi connectivity index (χ0n) is 9.71. The third-order valence-corrected chi connectivity index (χ3v) is 3.05. The molecule has 1 unspecified atom stereocenters. The van der Waals surface area contributed by atoms with Crippen molar-refractivity contribution in [1.82, 2.24) is 10.3 Å². The van der Waals surface area contributed by atoms with E-state index in [1.807, 2.05) is 0 Å². The van der Waals surface area contributed by atoms with E-state index in [0.717, 1.165) is 0 Å². The second-order valence-corrected chi connectivity index (χ2v) is 4.57. The summed E-state index contributed by atoms with van der Waals surface area (Å²) < 4.78 is 0. The standard InChI is InChI=1S/C11H15ClN2O3/c1-3-11(2,10(16)17)6-14-9(15)8-4-7(12)5-13-8/h4-5,13H,3,6H2,1-2H3,(H,14,15)(H,16,17). The summed E-state index contributed by atoms with van der Waals surface area (Å²) in [5, 5.41) is 12.1. The maximum absolute atomic E-state index is 11.6. The molecule has 0 fully saturated rings. The van der Waals surface area contributed by atoms with Gasteiger partial charge in [-0.1, -0.05) is 18.5 Å². The van der Waals surface area contributed by atoms with Crippen LogP contribution >= 0.6 is 11.6 Å². The molecule has 94 valence electrons. The first-order valence-electron chi connectivity index (χ1n) is 5.24. The summed E-state index contributed by atoms with van der Waals surface area (Å²) in [5.41, 5.74) is -0.634. The van der Waals surface area contributed by atoms with Gasteiger partial charge >= 0.3 is 5.97 Å². The first-order valence-corrected chi connectivity index (χ1v) is 5.62. The molecular weight excluding hydrogens is 244 g/mol. The van der Waals surface area contributed by atoms with Crippen molar-refractivity contribution in [3.05, 3.63) is 23.0 Å². The van der Waals surface area contributed by atoms with Crippen molar-refractivity contribution in [1.29, 1.82) is 0 Å². The fourth-order valence-electron chi connectivity index (χ4n) is 1.22. The summed E-state index contributed by atoms with van der Waals surface area (Å²) in [7, 11) is 0. The number of carbonyl (C=O) groups is 2. The molecule has 0 spiro atoms. The van der Waals surface area contributed by atoms with Crippen LogP contribution in [0.4, 0.5) is 0 Å². The van der Waals surface area contributed by atoms with E-state index in [2.05, 4.69) is 10.3 Å². The number of aromatic amines is 1. The molecule has 6 heteroatoms. The molecule has 1 rings (SSSR count). The molecule has 0 aliphatic rings. The lowest BCUT2D eigenvalue weighted by Gasteiger charge is -2.22. The number of aromatic nitrogens is 1. The second kappa shape index (κ2) is 5.23. The van der Waals surface area contributed by atoms with Crippen LogP contribution < -0.4 is 5.32 Å². The van der Waals surface area contributed by atoms with E-state index < -0.39 is 11.4 Å². The van der Waals surface area contributed by atoms with E-state index in [1.54, 1.807) is 13.8 Å². The number of aliphatic carboxylic acids is 1. The normalized spacial score (nSPS) is 14.1. The Balaban J connectivity index is 2.62. The zero-order chi connectivity index (χ0) is 13.1. The van der Waals surface area contributed by atoms with Crippen LogP contribution in [0.15, 0.2) is 12.3 Å². The summed E-state index contributed by atoms with van der Waals surface area (Å²) in [5.74, 6) is -1.29. The van der Waals surface area contributed by atoms with Crippen molar-refractivity contribution in [2.45, 2.75) is 20.3 Å². The first-order chi connectivity index (χ1) is 7.89. The van der Waals surface area contributed by atoms with Crippen molar-refractivity contribution >= 4 is 23.5 Å².